The summed E-state index contributed by atoms with van der Waals surface area (Å²) in [5.74, 6) is 1.35. The van der Waals surface area contributed by atoms with Crippen molar-refractivity contribution in [3.63, 3.8) is 0 Å². The Kier molecular flexibility index (Phi) is 4.29. The first-order valence-electron chi connectivity index (χ1n) is 8.75. The number of fused-ring (bicyclic) bond motifs is 1. The molecule has 4 aliphatic rings. The number of hydrogen-bond acceptors (Lipinski definition) is 7. The normalized spacial score (nSPS) is 32.9. The van der Waals surface area contributed by atoms with Gasteiger partial charge in [0.15, 0.2) is 0 Å². The number of piperazine rings is 1. The lowest BCUT2D eigenvalue weighted by Gasteiger charge is -2.46. The van der Waals surface area contributed by atoms with Crippen LogP contribution in [0.2, 0.25) is 0 Å². The molecule has 0 bridgehead atoms. The standard InChI is InChI=1S/C16H24N6O/c17-11-13-19-15(21-7-9-23-10-8-21)14-16(20-13)22(6-5-18-14)12-3-1-2-4-12/h12,14-15,18H,1-10H2. The van der Waals surface area contributed by atoms with E-state index in [4.69, 9.17) is 4.74 Å². The molecule has 4 rings (SSSR count). The molecule has 0 aromatic rings. The minimum atomic E-state index is -0.0368. The summed E-state index contributed by atoms with van der Waals surface area (Å²) in [6, 6.07) is 2.85. The van der Waals surface area contributed by atoms with E-state index < -0.39 is 0 Å². The average Bonchev–Trinajstić information content (AvgIpc) is 3.15. The van der Waals surface area contributed by atoms with E-state index in [1.165, 1.54) is 25.7 Å². The predicted molar refractivity (Wildman–Crippen MR) is 87.4 cm³/mol. The number of hydrogen-bond donors (Lipinski definition) is 1. The van der Waals surface area contributed by atoms with Crippen LogP contribution in [0.15, 0.2) is 9.98 Å². The van der Waals surface area contributed by atoms with E-state index in [1.54, 1.807) is 0 Å². The van der Waals surface area contributed by atoms with Crippen molar-refractivity contribution in [3.8, 4) is 6.07 Å². The molecule has 3 heterocycles. The van der Waals surface area contributed by atoms with Crippen LogP contribution in [0.5, 0.6) is 0 Å². The molecule has 0 aromatic heterocycles. The van der Waals surface area contributed by atoms with Gasteiger partial charge >= 0.3 is 0 Å². The van der Waals surface area contributed by atoms with Crippen molar-refractivity contribution in [2.24, 2.45) is 9.98 Å². The Bertz CT molecular complexity index is 541. The summed E-state index contributed by atoms with van der Waals surface area (Å²) < 4.78 is 5.47. The first-order valence-corrected chi connectivity index (χ1v) is 8.75. The zero-order valence-electron chi connectivity index (χ0n) is 13.4. The largest absolute Gasteiger partial charge is 0.379 e. The number of ether oxygens (including phenoxy) is 1. The second-order valence-corrected chi connectivity index (χ2v) is 6.66. The van der Waals surface area contributed by atoms with Gasteiger partial charge in [-0.15, -0.1) is 0 Å². The van der Waals surface area contributed by atoms with Gasteiger partial charge in [-0.2, -0.15) is 5.26 Å². The molecular formula is C16H24N6O. The third kappa shape index (κ3) is 2.87. The van der Waals surface area contributed by atoms with Crippen molar-refractivity contribution in [2.75, 3.05) is 39.4 Å². The van der Waals surface area contributed by atoms with Crippen molar-refractivity contribution in [1.29, 1.82) is 5.26 Å². The fraction of sp³-hybridized carbons (Fsp3) is 0.812. The number of nitrogens with zero attached hydrogens (tertiary/aromatic N) is 5. The quantitative estimate of drug-likeness (QED) is 0.787. The van der Waals surface area contributed by atoms with Crippen LogP contribution in [-0.2, 0) is 4.74 Å². The Labute approximate surface area is 137 Å². The summed E-state index contributed by atoms with van der Waals surface area (Å²) in [7, 11) is 0. The van der Waals surface area contributed by atoms with Crippen molar-refractivity contribution in [1.82, 2.24) is 15.1 Å². The topological polar surface area (TPSA) is 76.2 Å². The third-order valence-electron chi connectivity index (χ3n) is 5.35. The highest BCUT2D eigenvalue weighted by atomic mass is 16.5. The van der Waals surface area contributed by atoms with Crippen LogP contribution in [0.3, 0.4) is 0 Å². The average molecular weight is 316 g/mol. The lowest BCUT2D eigenvalue weighted by atomic mass is 10.0. The minimum absolute atomic E-state index is 0.0368. The van der Waals surface area contributed by atoms with Gasteiger partial charge in [0.25, 0.3) is 0 Å². The fourth-order valence-corrected chi connectivity index (χ4v) is 4.21. The summed E-state index contributed by atoms with van der Waals surface area (Å²) in [5.41, 5.74) is 0. The highest BCUT2D eigenvalue weighted by Gasteiger charge is 2.41. The second kappa shape index (κ2) is 6.56. The molecule has 7 nitrogen and oxygen atoms in total. The Morgan fingerprint density at radius 2 is 1.96 bits per heavy atom. The van der Waals surface area contributed by atoms with Gasteiger partial charge in [-0.05, 0) is 12.8 Å². The maximum Gasteiger partial charge on any atom is 0.230 e. The van der Waals surface area contributed by atoms with Crippen molar-refractivity contribution in [3.05, 3.63) is 0 Å². The molecule has 23 heavy (non-hydrogen) atoms. The van der Waals surface area contributed by atoms with E-state index >= 15 is 0 Å². The fourth-order valence-electron chi connectivity index (χ4n) is 4.21. The van der Waals surface area contributed by atoms with Crippen LogP contribution in [0.25, 0.3) is 0 Å². The van der Waals surface area contributed by atoms with E-state index in [-0.39, 0.29) is 12.2 Å². The molecule has 1 N–H and O–H groups in total. The number of rotatable bonds is 2. The molecule has 0 amide bonds. The Hall–Kier alpha value is -1.49. The summed E-state index contributed by atoms with van der Waals surface area (Å²) in [6.07, 6.45) is 5.06. The molecule has 124 valence electrons. The van der Waals surface area contributed by atoms with Gasteiger partial charge < -0.3 is 15.0 Å². The van der Waals surface area contributed by atoms with E-state index in [9.17, 15) is 5.26 Å². The molecule has 3 fully saturated rings. The van der Waals surface area contributed by atoms with Gasteiger partial charge in [-0.25, -0.2) is 9.98 Å². The van der Waals surface area contributed by atoms with E-state index in [2.05, 4.69) is 31.2 Å². The molecule has 1 saturated carbocycles. The zero-order chi connectivity index (χ0) is 15.6. The van der Waals surface area contributed by atoms with Gasteiger partial charge in [0, 0.05) is 32.2 Å². The van der Waals surface area contributed by atoms with Gasteiger partial charge in [0.2, 0.25) is 5.84 Å². The summed E-state index contributed by atoms with van der Waals surface area (Å²) in [6.45, 7) is 5.13. The molecule has 7 heteroatoms. The van der Waals surface area contributed by atoms with Crippen molar-refractivity contribution >= 4 is 11.7 Å². The molecule has 1 aliphatic carbocycles. The summed E-state index contributed by atoms with van der Waals surface area (Å²) in [5, 5.41) is 13.0. The smallest absolute Gasteiger partial charge is 0.230 e. The van der Waals surface area contributed by atoms with Gasteiger partial charge in [-0.1, -0.05) is 12.8 Å². The maximum absolute atomic E-state index is 9.38. The summed E-state index contributed by atoms with van der Waals surface area (Å²) >= 11 is 0. The Morgan fingerprint density at radius 1 is 1.17 bits per heavy atom. The maximum atomic E-state index is 9.38. The van der Waals surface area contributed by atoms with Gasteiger partial charge in [0.1, 0.15) is 24.1 Å². The predicted octanol–water partition coefficient (Wildman–Crippen LogP) is 0.195. The molecule has 2 saturated heterocycles. The second-order valence-electron chi connectivity index (χ2n) is 6.66. The minimum Gasteiger partial charge on any atom is -0.379 e. The molecular weight excluding hydrogens is 292 g/mol. The van der Waals surface area contributed by atoms with Crippen LogP contribution in [0.1, 0.15) is 25.7 Å². The van der Waals surface area contributed by atoms with Crippen molar-refractivity contribution in [2.45, 2.75) is 43.9 Å². The summed E-state index contributed by atoms with van der Waals surface area (Å²) in [4.78, 5) is 14.0. The number of amidine groups is 2. The van der Waals surface area contributed by atoms with Gasteiger partial charge in [0.05, 0.1) is 13.2 Å². The number of nitrogens with one attached hydrogen (secondary N) is 1. The van der Waals surface area contributed by atoms with E-state index in [0.717, 1.165) is 45.2 Å². The van der Waals surface area contributed by atoms with Crippen LogP contribution in [-0.4, -0.2) is 79.1 Å². The van der Waals surface area contributed by atoms with Crippen LogP contribution >= 0.6 is 0 Å². The van der Waals surface area contributed by atoms with Crippen LogP contribution in [0.4, 0.5) is 0 Å². The van der Waals surface area contributed by atoms with Crippen molar-refractivity contribution < 1.29 is 4.74 Å². The lowest BCUT2D eigenvalue weighted by molar-refractivity contribution is 0.0122. The monoisotopic (exact) mass is 316 g/mol. The number of morpholine rings is 1. The number of aliphatic imine (C=N–C) groups is 2. The lowest BCUT2D eigenvalue weighted by Crippen LogP contribution is -2.66. The van der Waals surface area contributed by atoms with Crippen LogP contribution < -0.4 is 5.32 Å². The SMILES string of the molecule is N#CC1=NC(N2CCOCC2)C2NCCN(C3CCCC3)C2=N1. The molecule has 2 atom stereocenters. The molecule has 3 aliphatic heterocycles. The highest BCUT2D eigenvalue weighted by molar-refractivity contribution is 6.08. The van der Waals surface area contributed by atoms with Crippen LogP contribution in [0, 0.1) is 11.3 Å². The first kappa shape index (κ1) is 15.1. The molecule has 2 unspecified atom stereocenters. The Balaban J connectivity index is 1.62. The van der Waals surface area contributed by atoms with Gasteiger partial charge in [-0.3, -0.25) is 4.90 Å². The zero-order valence-corrected chi connectivity index (χ0v) is 13.4. The van der Waals surface area contributed by atoms with E-state index in [1.807, 2.05) is 0 Å². The first-order chi connectivity index (χ1) is 11.4. The third-order valence-corrected chi connectivity index (χ3v) is 5.35. The number of nitriles is 1. The van der Waals surface area contributed by atoms with E-state index in [0.29, 0.717) is 11.9 Å². The molecule has 0 radical (unpaired) electrons. The Morgan fingerprint density at radius 3 is 2.70 bits per heavy atom. The molecule has 0 aromatic carbocycles. The molecule has 0 spiro atoms. The highest BCUT2D eigenvalue weighted by Crippen LogP contribution is 2.28.